The zero-order valence-electron chi connectivity index (χ0n) is 19.4. The lowest BCUT2D eigenvalue weighted by Gasteiger charge is -2.23. The van der Waals surface area contributed by atoms with E-state index in [-0.39, 0.29) is 22.8 Å². The van der Waals surface area contributed by atoms with Crippen LogP contribution in [0.2, 0.25) is 5.02 Å². The maximum Gasteiger partial charge on any atom is 0.474 e. The number of aromatic nitrogens is 4. The van der Waals surface area contributed by atoms with Crippen molar-refractivity contribution in [2.75, 3.05) is 26.1 Å². The first-order chi connectivity index (χ1) is 16.1. The molecule has 14 heteroatoms. The molecule has 0 fully saturated rings. The Balaban J connectivity index is 1.88. The highest BCUT2D eigenvalue weighted by atomic mass is 35.5. The summed E-state index contributed by atoms with van der Waals surface area (Å²) in [5, 5.41) is 4.32. The van der Waals surface area contributed by atoms with Gasteiger partial charge in [0.15, 0.2) is 16.6 Å². The summed E-state index contributed by atoms with van der Waals surface area (Å²) in [6.07, 6.45) is 2.28. The lowest BCUT2D eigenvalue weighted by molar-refractivity contribution is 0.144. The van der Waals surface area contributed by atoms with Crippen molar-refractivity contribution in [1.82, 2.24) is 19.9 Å². The van der Waals surface area contributed by atoms with Crippen molar-refractivity contribution in [3.63, 3.8) is 0 Å². The number of hydrogen-bond acceptors (Lipinski definition) is 11. The average Bonchev–Trinajstić information content (AvgIpc) is 3.17. The smallest absolute Gasteiger partial charge is 0.364 e. The summed E-state index contributed by atoms with van der Waals surface area (Å²) in [5.41, 5.74) is 1.27. The molecule has 0 aliphatic rings. The van der Waals surface area contributed by atoms with Gasteiger partial charge in [-0.25, -0.2) is 14.5 Å². The van der Waals surface area contributed by atoms with E-state index in [1.165, 1.54) is 26.0 Å². The van der Waals surface area contributed by atoms with Gasteiger partial charge in [0.05, 0.1) is 28.6 Å². The van der Waals surface area contributed by atoms with Crippen LogP contribution in [0.3, 0.4) is 0 Å². The number of nitrogens with zero attached hydrogens (tertiary/aromatic N) is 3. The molecule has 0 aliphatic carbocycles. The van der Waals surface area contributed by atoms with Gasteiger partial charge in [0.25, 0.3) is 0 Å². The number of H-pyrrole nitrogens is 1. The fraction of sp³-hybridized carbons (Fsp3) is 0.500. The van der Waals surface area contributed by atoms with Crippen LogP contribution in [0.5, 0.6) is 0 Å². The number of nitrogens with one attached hydrogen (secondary N) is 2. The SMILES string of the molecule is COP(=O)(OC)OCC(CC(C)C)Nc1nc(S[C@@H](C)c2ccc(Cl)cn2)nc2[nH]c(=O)sc12. The van der Waals surface area contributed by atoms with Crippen LogP contribution in [0.25, 0.3) is 10.3 Å². The molecule has 3 aromatic heterocycles. The number of phosphoric ester groups is 1. The maximum absolute atomic E-state index is 12.4. The van der Waals surface area contributed by atoms with Crippen LogP contribution in [-0.4, -0.2) is 46.8 Å². The molecule has 3 rings (SSSR count). The minimum absolute atomic E-state index is 0.0511. The number of thioether (sulfide) groups is 1. The van der Waals surface area contributed by atoms with Gasteiger partial charge >= 0.3 is 12.7 Å². The maximum atomic E-state index is 12.4. The molecule has 34 heavy (non-hydrogen) atoms. The molecule has 0 amide bonds. The molecule has 186 valence electrons. The van der Waals surface area contributed by atoms with Gasteiger partial charge in [-0.3, -0.25) is 28.3 Å². The molecule has 0 saturated heterocycles. The molecule has 0 spiro atoms. The third-order valence-electron chi connectivity index (χ3n) is 4.69. The largest absolute Gasteiger partial charge is 0.474 e. The van der Waals surface area contributed by atoms with E-state index in [0.29, 0.717) is 38.7 Å². The molecule has 0 saturated carbocycles. The summed E-state index contributed by atoms with van der Waals surface area (Å²) >= 11 is 8.37. The number of aromatic amines is 1. The zero-order chi connectivity index (χ0) is 24.9. The van der Waals surface area contributed by atoms with E-state index in [9.17, 15) is 9.36 Å². The summed E-state index contributed by atoms with van der Waals surface area (Å²) in [7, 11) is -1.11. The lowest BCUT2D eigenvalue weighted by Crippen LogP contribution is -2.27. The molecule has 0 bridgehead atoms. The van der Waals surface area contributed by atoms with Gasteiger partial charge in [0, 0.05) is 20.4 Å². The highest BCUT2D eigenvalue weighted by Crippen LogP contribution is 2.47. The number of fused-ring (bicyclic) bond motifs is 1. The third kappa shape index (κ3) is 7.24. The van der Waals surface area contributed by atoms with Gasteiger partial charge in [-0.2, -0.15) is 0 Å². The van der Waals surface area contributed by atoms with Gasteiger partial charge in [-0.15, -0.1) is 0 Å². The molecule has 0 aromatic carbocycles. The van der Waals surface area contributed by atoms with Crippen LogP contribution in [0.4, 0.5) is 5.82 Å². The summed E-state index contributed by atoms with van der Waals surface area (Å²) < 4.78 is 28.2. The molecular formula is C20H27ClN5O5PS2. The normalized spacial score (nSPS) is 14.0. The number of pyridine rings is 1. The second-order valence-electron chi connectivity index (χ2n) is 7.79. The van der Waals surface area contributed by atoms with Crippen LogP contribution < -0.4 is 10.2 Å². The van der Waals surface area contributed by atoms with Crippen molar-refractivity contribution >= 4 is 58.7 Å². The minimum atomic E-state index is -3.64. The molecule has 10 nitrogen and oxygen atoms in total. The number of anilines is 1. The Hall–Kier alpha value is -1.53. The third-order valence-corrected chi connectivity index (χ3v) is 8.14. The Kier molecular flexibility index (Phi) is 9.50. The van der Waals surface area contributed by atoms with Gasteiger partial charge in [0.2, 0.25) is 0 Å². The Morgan fingerprint density at radius 3 is 2.59 bits per heavy atom. The molecule has 0 aliphatic heterocycles. The van der Waals surface area contributed by atoms with Crippen molar-refractivity contribution in [1.29, 1.82) is 0 Å². The van der Waals surface area contributed by atoms with Crippen LogP contribution in [0, 0.1) is 5.92 Å². The van der Waals surface area contributed by atoms with E-state index in [4.69, 9.17) is 25.2 Å². The quantitative estimate of drug-likeness (QED) is 0.170. The van der Waals surface area contributed by atoms with Crippen LogP contribution in [0.15, 0.2) is 28.3 Å². The fourth-order valence-corrected chi connectivity index (χ4v) is 5.54. The summed E-state index contributed by atoms with van der Waals surface area (Å²) in [5.74, 6) is 0.795. The van der Waals surface area contributed by atoms with Gasteiger partial charge < -0.3 is 5.32 Å². The molecule has 2 atom stereocenters. The van der Waals surface area contributed by atoms with Crippen molar-refractivity contribution < 1.29 is 18.1 Å². The first-order valence-corrected chi connectivity index (χ1v) is 14.0. The molecule has 0 radical (unpaired) electrons. The van der Waals surface area contributed by atoms with Crippen molar-refractivity contribution in [3.8, 4) is 0 Å². The summed E-state index contributed by atoms with van der Waals surface area (Å²) in [6.45, 7) is 6.16. The summed E-state index contributed by atoms with van der Waals surface area (Å²) in [4.78, 5) is 28.2. The van der Waals surface area contributed by atoms with Gasteiger partial charge in [-0.1, -0.05) is 48.5 Å². The molecule has 3 heterocycles. The standard InChI is InChI=1S/C20H27ClN5O5PS2/c1-11(2)8-14(10-31-32(28,29-4)30-5)23-17-16-18(26-20(27)34-16)25-19(24-17)33-12(3)15-7-6-13(21)9-22-15/h6-7,9,11-12,14H,8,10H2,1-5H3,(H2,23,24,25,26,27)/t12-,14?/m0/s1. The molecule has 1 unspecified atom stereocenters. The topological polar surface area (TPSA) is 128 Å². The van der Waals surface area contributed by atoms with E-state index in [1.54, 1.807) is 12.3 Å². The van der Waals surface area contributed by atoms with Gasteiger partial charge in [0.1, 0.15) is 4.70 Å². The molecule has 2 N–H and O–H groups in total. The lowest BCUT2D eigenvalue weighted by atomic mass is 10.0. The first kappa shape index (κ1) is 27.1. The number of halogens is 1. The highest BCUT2D eigenvalue weighted by Gasteiger charge is 2.26. The Bertz CT molecular complexity index is 1200. The Morgan fingerprint density at radius 1 is 1.24 bits per heavy atom. The number of hydrogen-bond donors (Lipinski definition) is 2. The van der Waals surface area contributed by atoms with Crippen molar-refractivity contribution in [2.24, 2.45) is 5.92 Å². The monoisotopic (exact) mass is 547 g/mol. The Morgan fingerprint density at radius 2 is 1.97 bits per heavy atom. The van der Waals surface area contributed by atoms with Gasteiger partial charge in [-0.05, 0) is 31.4 Å². The van der Waals surface area contributed by atoms with E-state index >= 15 is 0 Å². The zero-order valence-corrected chi connectivity index (χ0v) is 22.7. The predicted octanol–water partition coefficient (Wildman–Crippen LogP) is 5.53. The van der Waals surface area contributed by atoms with E-state index in [1.807, 2.05) is 13.0 Å². The highest BCUT2D eigenvalue weighted by molar-refractivity contribution is 7.99. The molecular weight excluding hydrogens is 521 g/mol. The minimum Gasteiger partial charge on any atom is -0.364 e. The fourth-order valence-electron chi connectivity index (χ4n) is 3.12. The first-order valence-electron chi connectivity index (χ1n) is 10.4. The molecule has 3 aromatic rings. The van der Waals surface area contributed by atoms with Crippen molar-refractivity contribution in [3.05, 3.63) is 38.7 Å². The number of rotatable bonds is 12. The van der Waals surface area contributed by atoms with E-state index in [2.05, 4.69) is 39.1 Å². The summed E-state index contributed by atoms with van der Waals surface area (Å²) in [6, 6.07) is 3.36. The second-order valence-corrected chi connectivity index (χ2v) is 12.4. The van der Waals surface area contributed by atoms with Crippen LogP contribution in [0.1, 0.15) is 38.1 Å². The van der Waals surface area contributed by atoms with Crippen LogP contribution >= 0.6 is 42.5 Å². The van der Waals surface area contributed by atoms with Crippen LogP contribution in [-0.2, 0) is 18.1 Å². The van der Waals surface area contributed by atoms with E-state index in [0.717, 1.165) is 17.0 Å². The number of thiazole rings is 1. The van der Waals surface area contributed by atoms with Crippen molar-refractivity contribution in [2.45, 2.75) is 43.6 Å². The average molecular weight is 548 g/mol. The Labute approximate surface area is 210 Å². The van der Waals surface area contributed by atoms with E-state index < -0.39 is 7.82 Å². The number of phosphoric acid groups is 1. The predicted molar refractivity (Wildman–Crippen MR) is 136 cm³/mol. The second kappa shape index (κ2) is 11.9.